The molecule has 0 aliphatic carbocycles. The number of morpholine rings is 1. The van der Waals surface area contributed by atoms with E-state index >= 15 is 0 Å². The minimum absolute atomic E-state index is 0.204. The van der Waals surface area contributed by atoms with Crippen molar-refractivity contribution in [3.05, 3.63) is 46.3 Å². The van der Waals surface area contributed by atoms with Crippen LogP contribution in [0.1, 0.15) is 5.56 Å². The Morgan fingerprint density at radius 3 is 2.90 bits per heavy atom. The van der Waals surface area contributed by atoms with E-state index in [-0.39, 0.29) is 12.6 Å². The molecule has 21 heavy (non-hydrogen) atoms. The largest absolute Gasteiger partial charge is 0.467 e. The van der Waals surface area contributed by atoms with E-state index in [0.717, 1.165) is 5.56 Å². The number of methoxy groups -OCH3 is 1. The van der Waals surface area contributed by atoms with E-state index in [1.807, 2.05) is 30.3 Å². The second kappa shape index (κ2) is 7.64. The van der Waals surface area contributed by atoms with Gasteiger partial charge < -0.3 is 9.47 Å². The predicted molar refractivity (Wildman–Crippen MR) is 76.4 cm³/mol. The summed E-state index contributed by atoms with van der Waals surface area (Å²) in [5.74, 6) is -0.404. The van der Waals surface area contributed by atoms with Gasteiger partial charge in [0.15, 0.2) is 6.10 Å². The van der Waals surface area contributed by atoms with Crippen LogP contribution in [-0.2, 0) is 20.8 Å². The fourth-order valence-electron chi connectivity index (χ4n) is 2.38. The summed E-state index contributed by atoms with van der Waals surface area (Å²) in [5, 5.41) is 3.53. The fraction of sp³-hybridized carbons (Fsp3) is 0.500. The summed E-state index contributed by atoms with van der Waals surface area (Å²) in [4.78, 5) is 16.6. The minimum atomic E-state index is -0.647. The van der Waals surface area contributed by atoms with Crippen LogP contribution in [0, 0.1) is 0 Å². The van der Waals surface area contributed by atoms with Gasteiger partial charge >= 0.3 is 5.97 Å². The summed E-state index contributed by atoms with van der Waals surface area (Å²) in [5.41, 5.74) is 9.57. The van der Waals surface area contributed by atoms with Gasteiger partial charge in [0.1, 0.15) is 0 Å². The Kier molecular flexibility index (Phi) is 5.57. The molecule has 112 valence electrons. The van der Waals surface area contributed by atoms with E-state index in [9.17, 15) is 4.79 Å². The van der Waals surface area contributed by atoms with Gasteiger partial charge in [0.25, 0.3) is 0 Å². The standard InChI is InChI=1S/C14H18N4O3/c1-20-14(19)13-10-18(8-11-5-3-2-4-6-11)9-12(21-13)7-16-17-15/h2-6,12-13H,7-10H2,1H3/t12-,13-/m1/s1. The zero-order valence-corrected chi connectivity index (χ0v) is 11.9. The van der Waals surface area contributed by atoms with E-state index in [1.165, 1.54) is 7.11 Å². The Hall–Kier alpha value is -2.08. The van der Waals surface area contributed by atoms with Crippen LogP contribution in [0.25, 0.3) is 10.4 Å². The first-order chi connectivity index (χ1) is 10.2. The van der Waals surface area contributed by atoms with Crippen molar-refractivity contribution in [2.45, 2.75) is 18.8 Å². The zero-order valence-electron chi connectivity index (χ0n) is 11.9. The number of carbonyl (C=O) groups is 1. The number of esters is 1. The molecule has 1 aromatic carbocycles. The number of benzene rings is 1. The lowest BCUT2D eigenvalue weighted by Gasteiger charge is -2.36. The second-order valence-corrected chi connectivity index (χ2v) is 4.86. The van der Waals surface area contributed by atoms with Crippen molar-refractivity contribution in [1.29, 1.82) is 0 Å². The molecule has 0 unspecified atom stereocenters. The molecule has 0 N–H and O–H groups in total. The predicted octanol–water partition coefficient (Wildman–Crippen LogP) is 1.74. The Morgan fingerprint density at radius 1 is 1.48 bits per heavy atom. The average Bonchev–Trinajstić information content (AvgIpc) is 2.53. The molecule has 0 aromatic heterocycles. The van der Waals surface area contributed by atoms with Crippen LogP contribution in [0.5, 0.6) is 0 Å². The monoisotopic (exact) mass is 290 g/mol. The number of carbonyl (C=O) groups excluding carboxylic acids is 1. The third kappa shape index (κ3) is 4.46. The van der Waals surface area contributed by atoms with Gasteiger partial charge in [-0.3, -0.25) is 4.90 Å². The maximum atomic E-state index is 11.7. The van der Waals surface area contributed by atoms with Gasteiger partial charge in [0, 0.05) is 24.5 Å². The van der Waals surface area contributed by atoms with Gasteiger partial charge in [0.2, 0.25) is 0 Å². The molecule has 0 bridgehead atoms. The van der Waals surface area contributed by atoms with E-state index in [1.54, 1.807) is 0 Å². The van der Waals surface area contributed by atoms with Crippen LogP contribution in [0.2, 0.25) is 0 Å². The number of ether oxygens (including phenoxy) is 2. The second-order valence-electron chi connectivity index (χ2n) is 4.86. The van der Waals surface area contributed by atoms with Crippen LogP contribution < -0.4 is 0 Å². The summed E-state index contributed by atoms with van der Waals surface area (Å²) in [6.07, 6.45) is -0.950. The fourth-order valence-corrected chi connectivity index (χ4v) is 2.38. The molecule has 2 rings (SSSR count). The molecular weight excluding hydrogens is 272 g/mol. The van der Waals surface area contributed by atoms with Gasteiger partial charge in [-0.2, -0.15) is 0 Å². The summed E-state index contributed by atoms with van der Waals surface area (Å²) in [7, 11) is 1.34. The van der Waals surface area contributed by atoms with Gasteiger partial charge in [0.05, 0.1) is 19.8 Å². The highest BCUT2D eigenvalue weighted by molar-refractivity contribution is 5.75. The van der Waals surface area contributed by atoms with E-state index in [2.05, 4.69) is 14.9 Å². The molecule has 2 atom stereocenters. The van der Waals surface area contributed by atoms with Gasteiger partial charge in [-0.25, -0.2) is 4.79 Å². The topological polar surface area (TPSA) is 87.5 Å². The zero-order chi connectivity index (χ0) is 15.1. The smallest absolute Gasteiger partial charge is 0.336 e. The molecule has 0 amide bonds. The summed E-state index contributed by atoms with van der Waals surface area (Å²) in [6, 6.07) is 9.98. The van der Waals surface area contributed by atoms with Gasteiger partial charge in [-0.05, 0) is 11.1 Å². The molecule has 1 aliphatic rings. The van der Waals surface area contributed by atoms with Crippen molar-refractivity contribution in [3.63, 3.8) is 0 Å². The van der Waals surface area contributed by atoms with Crippen LogP contribution in [0.4, 0.5) is 0 Å². The molecule has 7 heteroatoms. The summed E-state index contributed by atoms with van der Waals surface area (Å²) < 4.78 is 10.4. The highest BCUT2D eigenvalue weighted by Crippen LogP contribution is 2.16. The molecule has 0 spiro atoms. The molecule has 1 aliphatic heterocycles. The normalized spacial score (nSPS) is 22.3. The Bertz CT molecular complexity index is 516. The lowest BCUT2D eigenvalue weighted by atomic mass is 10.1. The maximum Gasteiger partial charge on any atom is 0.336 e. The lowest BCUT2D eigenvalue weighted by Crippen LogP contribution is -2.51. The maximum absolute atomic E-state index is 11.7. The molecular formula is C14H18N4O3. The van der Waals surface area contributed by atoms with Crippen molar-refractivity contribution < 1.29 is 14.3 Å². The summed E-state index contributed by atoms with van der Waals surface area (Å²) >= 11 is 0. The van der Waals surface area contributed by atoms with Crippen molar-refractivity contribution in [1.82, 2.24) is 4.90 Å². The average molecular weight is 290 g/mol. The number of rotatable bonds is 5. The Labute approximate surface area is 123 Å². The van der Waals surface area contributed by atoms with Crippen molar-refractivity contribution in [2.75, 3.05) is 26.7 Å². The Balaban J connectivity index is 2.04. The molecule has 0 saturated carbocycles. The third-order valence-corrected chi connectivity index (χ3v) is 3.30. The first kappa shape index (κ1) is 15.3. The highest BCUT2D eigenvalue weighted by atomic mass is 16.6. The number of hydrogen-bond donors (Lipinski definition) is 0. The van der Waals surface area contributed by atoms with Crippen LogP contribution in [0.3, 0.4) is 0 Å². The van der Waals surface area contributed by atoms with Crippen LogP contribution in [0.15, 0.2) is 35.4 Å². The van der Waals surface area contributed by atoms with Crippen molar-refractivity contribution in [3.8, 4) is 0 Å². The quantitative estimate of drug-likeness (QED) is 0.357. The molecule has 1 aromatic rings. The van der Waals surface area contributed by atoms with Crippen molar-refractivity contribution in [2.24, 2.45) is 5.11 Å². The van der Waals surface area contributed by atoms with Crippen LogP contribution in [-0.4, -0.2) is 49.8 Å². The molecule has 1 fully saturated rings. The van der Waals surface area contributed by atoms with Crippen LogP contribution >= 0.6 is 0 Å². The number of nitrogens with zero attached hydrogens (tertiary/aromatic N) is 4. The van der Waals surface area contributed by atoms with E-state index in [0.29, 0.717) is 19.6 Å². The highest BCUT2D eigenvalue weighted by Gasteiger charge is 2.32. The first-order valence-electron chi connectivity index (χ1n) is 6.73. The number of hydrogen-bond acceptors (Lipinski definition) is 5. The first-order valence-corrected chi connectivity index (χ1v) is 6.73. The lowest BCUT2D eigenvalue weighted by molar-refractivity contribution is -0.167. The van der Waals surface area contributed by atoms with E-state index in [4.69, 9.17) is 15.0 Å². The van der Waals surface area contributed by atoms with Gasteiger partial charge in [-0.1, -0.05) is 35.4 Å². The Morgan fingerprint density at radius 2 is 2.24 bits per heavy atom. The minimum Gasteiger partial charge on any atom is -0.467 e. The van der Waals surface area contributed by atoms with Gasteiger partial charge in [-0.15, -0.1) is 0 Å². The molecule has 0 radical (unpaired) electrons. The third-order valence-electron chi connectivity index (χ3n) is 3.30. The SMILES string of the molecule is COC(=O)[C@H]1CN(Cc2ccccc2)C[C@@H](CN=[N+]=[N-])O1. The molecule has 1 heterocycles. The van der Waals surface area contributed by atoms with E-state index < -0.39 is 12.1 Å². The molecule has 1 saturated heterocycles. The van der Waals surface area contributed by atoms with Crippen molar-refractivity contribution >= 4 is 5.97 Å². The number of azide groups is 1. The summed E-state index contributed by atoms with van der Waals surface area (Å²) in [6.45, 7) is 2.00. The molecule has 7 nitrogen and oxygen atoms in total.